The molecule has 0 bridgehead atoms. The second kappa shape index (κ2) is 12.9. The molecule has 0 aliphatic carbocycles. The summed E-state index contributed by atoms with van der Waals surface area (Å²) in [5.41, 5.74) is 4.30. The van der Waals surface area contributed by atoms with Crippen LogP contribution in [0.1, 0.15) is 25.8 Å². The zero-order chi connectivity index (χ0) is 26.8. The van der Waals surface area contributed by atoms with E-state index in [1.807, 2.05) is 91.3 Å². The van der Waals surface area contributed by atoms with Gasteiger partial charge in [0.1, 0.15) is 0 Å². The number of rotatable bonds is 7. The van der Waals surface area contributed by atoms with E-state index in [0.29, 0.717) is 17.9 Å². The van der Waals surface area contributed by atoms with Crippen molar-refractivity contribution in [2.45, 2.75) is 27.2 Å². The van der Waals surface area contributed by atoms with Crippen LogP contribution in [0.15, 0.2) is 79.1 Å². The van der Waals surface area contributed by atoms with Crippen LogP contribution in [0, 0.1) is 6.92 Å². The molecule has 0 radical (unpaired) electrons. The van der Waals surface area contributed by atoms with E-state index in [4.69, 9.17) is 0 Å². The lowest BCUT2D eigenvalue weighted by molar-refractivity contribution is -0.114. The first-order chi connectivity index (χ1) is 17.9. The first-order valence-corrected chi connectivity index (χ1v) is 12.1. The maximum absolute atomic E-state index is 11.8. The van der Waals surface area contributed by atoms with Crippen LogP contribution in [0.3, 0.4) is 0 Å². The number of aromatic nitrogens is 1. The van der Waals surface area contributed by atoms with Crippen LogP contribution in [0.25, 0.3) is 16.5 Å². The quantitative estimate of drug-likeness (QED) is 0.284. The van der Waals surface area contributed by atoms with Gasteiger partial charge in [0.2, 0.25) is 12.3 Å². The Kier molecular flexibility index (Phi) is 9.43. The van der Waals surface area contributed by atoms with Crippen molar-refractivity contribution in [2.75, 3.05) is 29.1 Å². The fourth-order valence-electron chi connectivity index (χ4n) is 3.93. The van der Waals surface area contributed by atoms with Crippen LogP contribution in [-0.4, -0.2) is 36.5 Å². The summed E-state index contributed by atoms with van der Waals surface area (Å²) in [7, 11) is 1.58. The monoisotopic (exact) mass is 499 g/mol. The average molecular weight is 500 g/mol. The molecule has 0 spiro atoms. The smallest absolute Gasteiger partial charge is 0.318 e. The van der Waals surface area contributed by atoms with Crippen LogP contribution in [0.4, 0.5) is 21.9 Å². The second-order valence-corrected chi connectivity index (χ2v) is 8.48. The van der Waals surface area contributed by atoms with E-state index >= 15 is 0 Å². The first kappa shape index (κ1) is 27.0. The Morgan fingerprint density at radius 1 is 0.973 bits per heavy atom. The summed E-state index contributed by atoms with van der Waals surface area (Å²) in [5, 5.41) is 9.95. The van der Waals surface area contributed by atoms with Gasteiger partial charge >= 0.3 is 6.03 Å². The van der Waals surface area contributed by atoms with Crippen molar-refractivity contribution in [3.8, 4) is 5.69 Å². The van der Waals surface area contributed by atoms with Gasteiger partial charge in [-0.3, -0.25) is 9.59 Å². The second-order valence-electron chi connectivity index (χ2n) is 8.48. The molecule has 1 aromatic heterocycles. The predicted octanol–water partition coefficient (Wildman–Crippen LogP) is 5.71. The lowest BCUT2D eigenvalue weighted by Gasteiger charge is -2.24. The molecule has 0 aliphatic heterocycles. The SMILES string of the molecule is CCCN(C=O)c1cc(-n2ccc(C)c2)c2ccccc2c1NC(C)=O.CNC(=O)Nc1ccccc1. The zero-order valence-corrected chi connectivity index (χ0v) is 21.6. The van der Waals surface area contributed by atoms with Crippen molar-refractivity contribution >= 4 is 46.2 Å². The van der Waals surface area contributed by atoms with E-state index in [-0.39, 0.29) is 11.9 Å². The largest absolute Gasteiger partial charge is 0.341 e. The summed E-state index contributed by atoms with van der Waals surface area (Å²) in [6.07, 6.45) is 5.70. The lowest BCUT2D eigenvalue weighted by atomic mass is 10.0. The van der Waals surface area contributed by atoms with Crippen molar-refractivity contribution < 1.29 is 14.4 Å². The third-order valence-corrected chi connectivity index (χ3v) is 5.58. The van der Waals surface area contributed by atoms with E-state index in [1.165, 1.54) is 6.92 Å². The summed E-state index contributed by atoms with van der Waals surface area (Å²) in [6, 6.07) is 21.0. The van der Waals surface area contributed by atoms with Gasteiger partial charge in [-0.2, -0.15) is 0 Å². The third-order valence-electron chi connectivity index (χ3n) is 5.58. The zero-order valence-electron chi connectivity index (χ0n) is 21.6. The molecule has 3 aromatic carbocycles. The number of anilines is 3. The Morgan fingerprint density at radius 3 is 2.22 bits per heavy atom. The van der Waals surface area contributed by atoms with Gasteiger partial charge in [0.05, 0.1) is 17.1 Å². The minimum Gasteiger partial charge on any atom is -0.341 e. The normalized spacial score (nSPS) is 10.2. The Bertz CT molecular complexity index is 1360. The van der Waals surface area contributed by atoms with Crippen molar-refractivity contribution in [1.82, 2.24) is 9.88 Å². The van der Waals surface area contributed by atoms with Crippen molar-refractivity contribution in [3.05, 3.63) is 84.7 Å². The number of aryl methyl sites for hydroxylation is 1. The molecule has 3 N–H and O–H groups in total. The number of carbonyl (C=O) groups is 3. The van der Waals surface area contributed by atoms with Crippen molar-refractivity contribution in [2.24, 2.45) is 0 Å². The molecular formula is C29H33N5O3. The van der Waals surface area contributed by atoms with Crippen molar-refractivity contribution in [1.29, 1.82) is 0 Å². The van der Waals surface area contributed by atoms with Gasteiger partial charge in [-0.15, -0.1) is 0 Å². The highest BCUT2D eigenvalue weighted by Crippen LogP contribution is 2.38. The first-order valence-electron chi connectivity index (χ1n) is 12.1. The van der Waals surface area contributed by atoms with Crippen LogP contribution >= 0.6 is 0 Å². The topological polar surface area (TPSA) is 95.5 Å². The molecule has 0 fully saturated rings. The van der Waals surface area contributed by atoms with E-state index in [9.17, 15) is 14.4 Å². The third kappa shape index (κ3) is 6.98. The number of fused-ring (bicyclic) bond motifs is 1. The number of nitrogens with zero attached hydrogens (tertiary/aromatic N) is 2. The molecule has 0 unspecified atom stereocenters. The maximum Gasteiger partial charge on any atom is 0.318 e. The number of para-hydroxylation sites is 1. The maximum atomic E-state index is 11.8. The van der Waals surface area contributed by atoms with Gasteiger partial charge in [-0.1, -0.05) is 49.4 Å². The van der Waals surface area contributed by atoms with Gasteiger partial charge in [0.25, 0.3) is 0 Å². The minimum absolute atomic E-state index is 0.164. The fraction of sp³-hybridized carbons (Fsp3) is 0.207. The summed E-state index contributed by atoms with van der Waals surface area (Å²) >= 11 is 0. The summed E-state index contributed by atoms with van der Waals surface area (Å²) in [4.78, 5) is 36.0. The molecule has 0 saturated heterocycles. The van der Waals surface area contributed by atoms with Gasteiger partial charge < -0.3 is 25.4 Å². The molecule has 4 aromatic rings. The van der Waals surface area contributed by atoms with Crippen LogP contribution in [0.5, 0.6) is 0 Å². The van der Waals surface area contributed by atoms with E-state index in [2.05, 4.69) is 22.1 Å². The Balaban J connectivity index is 0.000000289. The molecule has 0 aliphatic rings. The van der Waals surface area contributed by atoms with Gasteiger partial charge in [-0.25, -0.2) is 4.79 Å². The average Bonchev–Trinajstić information content (AvgIpc) is 3.34. The molecule has 4 amide bonds. The van der Waals surface area contributed by atoms with Crippen molar-refractivity contribution in [3.63, 3.8) is 0 Å². The molecule has 4 rings (SSSR count). The standard InChI is InChI=1S/C21H23N3O2.C8H10N2O/c1-4-10-24(14-25)20-12-19(23-11-9-15(2)13-23)17-7-5-6-8-18(17)21(20)22-16(3)26;1-9-8(11)10-7-5-3-2-4-6-7/h5-9,11-14H,4,10H2,1-3H3,(H,22,26);2-6H,1H3,(H2,9,10,11). The fourth-order valence-corrected chi connectivity index (χ4v) is 3.93. The minimum atomic E-state index is -0.198. The Hall–Kier alpha value is -4.59. The number of nitrogens with one attached hydrogen (secondary N) is 3. The van der Waals surface area contributed by atoms with E-state index in [1.54, 1.807) is 11.9 Å². The molecular weight excluding hydrogens is 466 g/mol. The molecule has 0 saturated carbocycles. The van der Waals surface area contributed by atoms with Crippen LogP contribution in [0.2, 0.25) is 0 Å². The molecule has 8 nitrogen and oxygen atoms in total. The number of hydrogen-bond donors (Lipinski definition) is 3. The number of benzene rings is 3. The summed E-state index contributed by atoms with van der Waals surface area (Å²) < 4.78 is 2.05. The highest BCUT2D eigenvalue weighted by atomic mass is 16.2. The lowest BCUT2D eigenvalue weighted by Crippen LogP contribution is -2.24. The van der Waals surface area contributed by atoms with E-state index < -0.39 is 0 Å². The number of hydrogen-bond acceptors (Lipinski definition) is 3. The highest BCUT2D eigenvalue weighted by molar-refractivity contribution is 6.11. The summed E-state index contributed by atoms with van der Waals surface area (Å²) in [5.74, 6) is -0.164. The molecule has 37 heavy (non-hydrogen) atoms. The summed E-state index contributed by atoms with van der Waals surface area (Å²) in [6.45, 7) is 6.12. The highest BCUT2D eigenvalue weighted by Gasteiger charge is 2.18. The van der Waals surface area contributed by atoms with Gasteiger partial charge in [0, 0.05) is 49.4 Å². The van der Waals surface area contributed by atoms with E-state index in [0.717, 1.165) is 40.5 Å². The number of carbonyl (C=O) groups excluding carboxylic acids is 3. The Labute approximate surface area is 217 Å². The molecule has 1 heterocycles. The van der Waals surface area contributed by atoms with Gasteiger partial charge in [-0.05, 0) is 43.2 Å². The van der Waals surface area contributed by atoms with Gasteiger partial charge in [0.15, 0.2) is 0 Å². The number of urea groups is 1. The predicted molar refractivity (Wildman–Crippen MR) is 151 cm³/mol. The molecule has 8 heteroatoms. The van der Waals surface area contributed by atoms with Crippen LogP contribution in [-0.2, 0) is 9.59 Å². The molecule has 192 valence electrons. The number of amides is 4. The Morgan fingerprint density at radius 2 is 1.65 bits per heavy atom. The molecule has 0 atom stereocenters. The van der Waals surface area contributed by atoms with Crippen LogP contribution < -0.4 is 20.9 Å².